The Hall–Kier alpha value is -0.590. The van der Waals surface area contributed by atoms with E-state index in [-0.39, 0.29) is 6.04 Å². The highest BCUT2D eigenvalue weighted by Gasteiger charge is 2.18. The molecule has 2 aromatic rings. The van der Waals surface area contributed by atoms with Crippen LogP contribution in [0, 0.1) is 0 Å². The summed E-state index contributed by atoms with van der Waals surface area (Å²) in [6.45, 7) is 1.23. The average molecular weight is 393 g/mol. The number of halogens is 3. The van der Waals surface area contributed by atoms with Crippen molar-refractivity contribution in [3.8, 4) is 0 Å². The highest BCUT2D eigenvalue weighted by atomic mass is 79.9. The SMILES string of the molecule is COCCn1ncc(Br)c1C(N)Cc1ccc(Cl)cc1Cl. The number of nitrogens with zero attached hydrogens (tertiary/aromatic N) is 2. The Morgan fingerprint density at radius 3 is 2.86 bits per heavy atom. The molecule has 1 aromatic heterocycles. The van der Waals surface area contributed by atoms with Gasteiger partial charge in [0.2, 0.25) is 0 Å². The third-order valence-electron chi connectivity index (χ3n) is 3.15. The second-order valence-electron chi connectivity index (χ2n) is 4.64. The van der Waals surface area contributed by atoms with Crippen molar-refractivity contribution in [3.05, 3.63) is 50.2 Å². The molecule has 4 nitrogen and oxygen atoms in total. The lowest BCUT2D eigenvalue weighted by Crippen LogP contribution is -2.20. The molecular weight excluding hydrogens is 377 g/mol. The molecule has 0 aliphatic rings. The molecule has 0 amide bonds. The number of ether oxygens (including phenoxy) is 1. The Labute approximate surface area is 142 Å². The molecular formula is C14H16BrCl2N3O. The predicted octanol–water partition coefficient (Wildman–Crippen LogP) is 3.84. The lowest BCUT2D eigenvalue weighted by molar-refractivity contribution is 0.182. The highest BCUT2D eigenvalue weighted by Crippen LogP contribution is 2.28. The van der Waals surface area contributed by atoms with Gasteiger partial charge < -0.3 is 10.5 Å². The van der Waals surface area contributed by atoms with Gasteiger partial charge in [0.15, 0.2) is 0 Å². The van der Waals surface area contributed by atoms with Gasteiger partial charge in [-0.2, -0.15) is 5.10 Å². The second kappa shape index (κ2) is 7.61. The highest BCUT2D eigenvalue weighted by molar-refractivity contribution is 9.10. The standard InChI is InChI=1S/C14H16BrCl2N3O/c1-21-5-4-20-14(11(15)8-19-20)13(18)6-9-2-3-10(16)7-12(9)17/h2-3,7-8,13H,4-6,18H2,1H3. The van der Waals surface area contributed by atoms with Crippen LogP contribution in [0.3, 0.4) is 0 Å². The van der Waals surface area contributed by atoms with E-state index in [9.17, 15) is 0 Å². The van der Waals surface area contributed by atoms with Crippen LogP contribution in [-0.4, -0.2) is 23.5 Å². The summed E-state index contributed by atoms with van der Waals surface area (Å²) in [6, 6.07) is 5.21. The van der Waals surface area contributed by atoms with Crippen LogP contribution in [0.15, 0.2) is 28.9 Å². The van der Waals surface area contributed by atoms with Gasteiger partial charge in [-0.25, -0.2) is 0 Å². The summed E-state index contributed by atoms with van der Waals surface area (Å²) >= 11 is 15.6. The van der Waals surface area contributed by atoms with Crippen LogP contribution in [0.5, 0.6) is 0 Å². The zero-order valence-electron chi connectivity index (χ0n) is 11.5. The summed E-state index contributed by atoms with van der Waals surface area (Å²) in [6.07, 6.45) is 2.35. The van der Waals surface area contributed by atoms with Gasteiger partial charge in [-0.05, 0) is 40.0 Å². The van der Waals surface area contributed by atoms with Crippen LogP contribution in [0.1, 0.15) is 17.3 Å². The van der Waals surface area contributed by atoms with Crippen molar-refractivity contribution in [3.63, 3.8) is 0 Å². The first-order chi connectivity index (χ1) is 10.0. The fourth-order valence-electron chi connectivity index (χ4n) is 2.12. The summed E-state index contributed by atoms with van der Waals surface area (Å²) in [4.78, 5) is 0. The summed E-state index contributed by atoms with van der Waals surface area (Å²) in [5.41, 5.74) is 8.22. The summed E-state index contributed by atoms with van der Waals surface area (Å²) < 4.78 is 7.82. The molecule has 0 aliphatic carbocycles. The van der Waals surface area contributed by atoms with Crippen LogP contribution in [0.2, 0.25) is 10.0 Å². The van der Waals surface area contributed by atoms with E-state index in [2.05, 4.69) is 21.0 Å². The molecule has 114 valence electrons. The van der Waals surface area contributed by atoms with Crippen molar-refractivity contribution in [2.24, 2.45) is 5.73 Å². The third kappa shape index (κ3) is 4.20. The monoisotopic (exact) mass is 391 g/mol. The van der Waals surface area contributed by atoms with Gasteiger partial charge in [0, 0.05) is 17.2 Å². The molecule has 2 N–H and O–H groups in total. The van der Waals surface area contributed by atoms with E-state index in [0.29, 0.717) is 29.6 Å². The van der Waals surface area contributed by atoms with Gasteiger partial charge in [0.25, 0.3) is 0 Å². The van der Waals surface area contributed by atoms with E-state index >= 15 is 0 Å². The van der Waals surface area contributed by atoms with Crippen molar-refractivity contribution < 1.29 is 4.74 Å². The predicted molar refractivity (Wildman–Crippen MR) is 88.9 cm³/mol. The smallest absolute Gasteiger partial charge is 0.0697 e. The molecule has 0 aliphatic heterocycles. The number of hydrogen-bond donors (Lipinski definition) is 1. The number of nitrogens with two attached hydrogens (primary N) is 1. The zero-order chi connectivity index (χ0) is 15.4. The quantitative estimate of drug-likeness (QED) is 0.812. The van der Waals surface area contributed by atoms with Gasteiger partial charge in [0.1, 0.15) is 0 Å². The second-order valence-corrected chi connectivity index (χ2v) is 6.34. The third-order valence-corrected chi connectivity index (χ3v) is 4.34. The van der Waals surface area contributed by atoms with Crippen LogP contribution >= 0.6 is 39.1 Å². The minimum atomic E-state index is -0.225. The van der Waals surface area contributed by atoms with Gasteiger partial charge >= 0.3 is 0 Å². The van der Waals surface area contributed by atoms with Crippen molar-refractivity contribution in [2.45, 2.75) is 19.0 Å². The number of benzene rings is 1. The fourth-order valence-corrected chi connectivity index (χ4v) is 3.19. The molecule has 1 aromatic carbocycles. The van der Waals surface area contributed by atoms with Gasteiger partial charge in [-0.3, -0.25) is 4.68 Å². The van der Waals surface area contributed by atoms with E-state index in [4.69, 9.17) is 33.7 Å². The number of methoxy groups -OCH3 is 1. The molecule has 7 heteroatoms. The minimum Gasteiger partial charge on any atom is -0.383 e. The first kappa shape index (κ1) is 16.8. The molecule has 0 fully saturated rings. The zero-order valence-corrected chi connectivity index (χ0v) is 14.6. The maximum absolute atomic E-state index is 6.33. The Kier molecular flexibility index (Phi) is 6.08. The molecule has 0 spiro atoms. The number of rotatable bonds is 6. The Balaban J connectivity index is 2.19. The number of hydrogen-bond acceptors (Lipinski definition) is 3. The Morgan fingerprint density at radius 1 is 1.43 bits per heavy atom. The van der Waals surface area contributed by atoms with E-state index < -0.39 is 0 Å². The van der Waals surface area contributed by atoms with Gasteiger partial charge in [-0.15, -0.1) is 0 Å². The van der Waals surface area contributed by atoms with Crippen molar-refractivity contribution >= 4 is 39.1 Å². The van der Waals surface area contributed by atoms with Crippen molar-refractivity contribution in [1.82, 2.24) is 9.78 Å². The van der Waals surface area contributed by atoms with Crippen LogP contribution < -0.4 is 5.73 Å². The lowest BCUT2D eigenvalue weighted by atomic mass is 10.0. The molecule has 0 bridgehead atoms. The average Bonchev–Trinajstić information content (AvgIpc) is 2.80. The Morgan fingerprint density at radius 2 is 2.19 bits per heavy atom. The van der Waals surface area contributed by atoms with Crippen LogP contribution in [-0.2, 0) is 17.7 Å². The van der Waals surface area contributed by atoms with Crippen LogP contribution in [0.4, 0.5) is 0 Å². The van der Waals surface area contributed by atoms with Crippen LogP contribution in [0.25, 0.3) is 0 Å². The largest absolute Gasteiger partial charge is 0.383 e. The van der Waals surface area contributed by atoms with E-state index in [1.807, 2.05) is 16.8 Å². The lowest BCUT2D eigenvalue weighted by Gasteiger charge is -2.16. The maximum atomic E-state index is 6.33. The van der Waals surface area contributed by atoms with E-state index in [0.717, 1.165) is 15.7 Å². The van der Waals surface area contributed by atoms with Crippen molar-refractivity contribution in [2.75, 3.05) is 13.7 Å². The molecule has 1 heterocycles. The molecule has 1 unspecified atom stereocenters. The first-order valence-electron chi connectivity index (χ1n) is 6.42. The molecule has 21 heavy (non-hydrogen) atoms. The fraction of sp³-hybridized carbons (Fsp3) is 0.357. The number of aromatic nitrogens is 2. The van der Waals surface area contributed by atoms with Gasteiger partial charge in [0.05, 0.1) is 35.6 Å². The molecule has 0 radical (unpaired) electrons. The summed E-state index contributed by atoms with van der Waals surface area (Å²) in [5, 5.41) is 5.54. The molecule has 2 rings (SSSR count). The van der Waals surface area contributed by atoms with Gasteiger partial charge in [-0.1, -0.05) is 29.3 Å². The maximum Gasteiger partial charge on any atom is 0.0697 e. The topological polar surface area (TPSA) is 53.1 Å². The first-order valence-corrected chi connectivity index (χ1v) is 7.97. The minimum absolute atomic E-state index is 0.225. The van der Waals surface area contributed by atoms with E-state index in [1.54, 1.807) is 19.4 Å². The summed E-state index contributed by atoms with van der Waals surface area (Å²) in [7, 11) is 1.66. The van der Waals surface area contributed by atoms with E-state index in [1.165, 1.54) is 0 Å². The normalized spacial score (nSPS) is 12.6. The Bertz CT molecular complexity index is 618. The molecule has 0 saturated heterocycles. The summed E-state index contributed by atoms with van der Waals surface area (Å²) in [5.74, 6) is 0. The van der Waals surface area contributed by atoms with Crippen molar-refractivity contribution in [1.29, 1.82) is 0 Å². The molecule has 0 saturated carbocycles. The molecule has 1 atom stereocenters.